The molecule has 0 heterocycles. The Morgan fingerprint density at radius 1 is 0.539 bits per heavy atom. The average Bonchev–Trinajstić information content (AvgIpc) is 3.35. The summed E-state index contributed by atoms with van der Waals surface area (Å²) in [6, 6.07) is 22.3. The minimum Gasteiger partial charge on any atom is -0.393 e. The van der Waals surface area contributed by atoms with Crippen LogP contribution in [0.25, 0.3) is 12.2 Å². The van der Waals surface area contributed by atoms with Crippen LogP contribution in [0.1, 0.15) is 28.3 Å². The molecule has 0 saturated carbocycles. The number of hydrogen-bond acceptors (Lipinski definition) is 17. The number of aliphatic hydroxyl groups excluding tert-OH is 1. The second kappa shape index (κ2) is 26.4. The molecule has 76 heavy (non-hydrogen) atoms. The lowest BCUT2D eigenvalue weighted by Crippen LogP contribution is -2.68. The van der Waals surface area contributed by atoms with Gasteiger partial charge in [-0.1, -0.05) is 97.1 Å². The normalized spacial score (nSPS) is 13.0. The van der Waals surface area contributed by atoms with E-state index in [-0.39, 0.29) is 5.56 Å². The standard InChI is InChI=1S/C43H52N22O11/c44-24-17-26(27(65(75)76)18-25(24)64(73)74)63(19-22-15-13-21(14-16-22)12-11-20-7-3-1-4-8-20)39(72)38(71)54-28(23-9-5-2-6-10-23)34(67)56-31(60-41(48)49)36(69)58-33(62-43(52)53)37(70)57-32(61-42(50)51)35(68)55-30(29(45)66)59-40(46)47/h1-18,28,30-33,39,72H,19,44H2,(H2,45,66)(H,54,71)(H,55,68)(H,56,67)(H,57,70)(H,58,69)(H4,46,47,59)(H4,48,49,60)(H4,50,51,61)(H4,52,53,62)/b12-11+. The number of carbonyl (C=O) groups excluding carboxylic acids is 6. The third kappa shape index (κ3) is 16.8. The first-order valence-electron chi connectivity index (χ1n) is 21.6. The highest BCUT2D eigenvalue weighted by molar-refractivity contribution is 6.00. The highest BCUT2D eigenvalue weighted by atomic mass is 16.6. The number of nitrogens with two attached hydrogens (primary N) is 6. The summed E-state index contributed by atoms with van der Waals surface area (Å²) < 4.78 is 0. The quantitative estimate of drug-likeness (QED) is 0.00599. The van der Waals surface area contributed by atoms with Crippen LogP contribution in [-0.4, -0.2) is 105 Å². The van der Waals surface area contributed by atoms with E-state index >= 15 is 0 Å². The minimum atomic E-state index is -2.46. The number of rotatable bonds is 24. The third-order valence-corrected chi connectivity index (χ3v) is 10.1. The molecule has 0 radical (unpaired) electrons. The van der Waals surface area contributed by atoms with Crippen molar-refractivity contribution in [3.8, 4) is 0 Å². The number of carbonyl (C=O) groups is 6. The predicted molar refractivity (Wildman–Crippen MR) is 273 cm³/mol. The van der Waals surface area contributed by atoms with Gasteiger partial charge in [-0.05, 0) is 28.3 Å². The summed E-state index contributed by atoms with van der Waals surface area (Å²) in [4.78, 5) is 104. The average molecular weight is 1050 g/mol. The molecule has 26 N–H and O–H groups in total. The second-order valence-electron chi connectivity index (χ2n) is 15.7. The number of nitro groups is 2. The number of benzene rings is 4. The van der Waals surface area contributed by atoms with Crippen LogP contribution in [0.3, 0.4) is 0 Å². The predicted octanol–water partition coefficient (Wildman–Crippen LogP) is -4.38. The molecule has 0 aromatic heterocycles. The molecule has 0 saturated heterocycles. The first-order valence-corrected chi connectivity index (χ1v) is 21.6. The van der Waals surface area contributed by atoms with Gasteiger partial charge in [0.25, 0.3) is 40.9 Å². The first-order chi connectivity index (χ1) is 35.8. The molecule has 400 valence electrons. The number of nitrogen functional groups attached to an aromatic ring is 1. The fraction of sp³-hybridized carbons (Fsp3) is 0.163. The maximum atomic E-state index is 14.3. The summed E-state index contributed by atoms with van der Waals surface area (Å²) in [5, 5.41) is 85.4. The number of amides is 6. The molecule has 0 bridgehead atoms. The molecule has 0 aliphatic rings. The van der Waals surface area contributed by atoms with E-state index in [2.05, 4.69) is 26.6 Å². The van der Waals surface area contributed by atoms with Crippen molar-refractivity contribution < 1.29 is 43.7 Å². The van der Waals surface area contributed by atoms with E-state index in [0.29, 0.717) is 17.2 Å². The summed E-state index contributed by atoms with van der Waals surface area (Å²) in [7, 11) is 0. The molecular formula is C43H52N22O11. The van der Waals surface area contributed by atoms with Crippen molar-refractivity contribution in [3.05, 3.63) is 140 Å². The zero-order chi connectivity index (χ0) is 56.4. The minimum absolute atomic E-state index is 0.0198. The molecule has 6 unspecified atom stereocenters. The monoisotopic (exact) mass is 1050 g/mol. The zero-order valence-corrected chi connectivity index (χ0v) is 39.4. The molecule has 6 atom stereocenters. The van der Waals surface area contributed by atoms with Crippen molar-refractivity contribution in [2.75, 3.05) is 10.6 Å². The lowest BCUT2D eigenvalue weighted by atomic mass is 10.1. The van der Waals surface area contributed by atoms with Gasteiger partial charge >= 0.3 is 0 Å². The van der Waals surface area contributed by atoms with Crippen molar-refractivity contribution in [2.45, 2.75) is 43.5 Å². The van der Waals surface area contributed by atoms with Gasteiger partial charge in [-0.2, -0.15) is 0 Å². The van der Waals surface area contributed by atoms with E-state index in [9.17, 15) is 54.1 Å². The second-order valence-corrected chi connectivity index (χ2v) is 15.7. The van der Waals surface area contributed by atoms with Gasteiger partial charge in [0.05, 0.1) is 15.9 Å². The highest BCUT2D eigenvalue weighted by Crippen LogP contribution is 2.38. The number of nitro benzene ring substituents is 2. The van der Waals surface area contributed by atoms with Gasteiger partial charge in [0.1, 0.15) is 17.4 Å². The Morgan fingerprint density at radius 3 is 1.38 bits per heavy atom. The topological polar surface area (TPSA) is 572 Å². The Morgan fingerprint density at radius 2 is 0.947 bits per heavy atom. The van der Waals surface area contributed by atoms with Crippen LogP contribution in [0, 0.1) is 41.9 Å². The summed E-state index contributed by atoms with van der Waals surface area (Å²) in [5.41, 5.74) is 31.7. The van der Waals surface area contributed by atoms with E-state index in [1.54, 1.807) is 30.3 Å². The Labute approximate surface area is 428 Å². The van der Waals surface area contributed by atoms with Crippen LogP contribution in [-0.2, 0) is 35.3 Å². The summed E-state index contributed by atoms with van der Waals surface area (Å²) >= 11 is 0. The van der Waals surface area contributed by atoms with Gasteiger partial charge in [-0.15, -0.1) is 0 Å². The Kier molecular flexibility index (Phi) is 19.9. The van der Waals surface area contributed by atoms with Crippen LogP contribution in [0.5, 0.6) is 0 Å². The van der Waals surface area contributed by atoms with Gasteiger partial charge in [0.15, 0.2) is 48.5 Å². The molecule has 33 nitrogen and oxygen atoms in total. The maximum absolute atomic E-state index is 14.3. The molecule has 0 fully saturated rings. The van der Waals surface area contributed by atoms with Gasteiger partial charge < -0.3 is 92.3 Å². The van der Waals surface area contributed by atoms with Gasteiger partial charge in [0, 0.05) is 6.54 Å². The zero-order valence-electron chi connectivity index (χ0n) is 39.4. The Bertz CT molecular complexity index is 2910. The Balaban J connectivity index is 1.68. The summed E-state index contributed by atoms with van der Waals surface area (Å²) in [6.45, 7) is -0.493. The molecule has 0 aliphatic carbocycles. The van der Waals surface area contributed by atoms with Crippen LogP contribution >= 0.6 is 0 Å². The van der Waals surface area contributed by atoms with Gasteiger partial charge in [0.2, 0.25) is 12.1 Å². The van der Waals surface area contributed by atoms with E-state index in [1.165, 1.54) is 30.3 Å². The van der Waals surface area contributed by atoms with Crippen molar-refractivity contribution >= 4 is 94.2 Å². The molecule has 0 aliphatic heterocycles. The summed E-state index contributed by atoms with van der Waals surface area (Å²) in [5.74, 6) is -11.9. The summed E-state index contributed by atoms with van der Waals surface area (Å²) in [6.07, 6.45) is -7.08. The molecular weight excluding hydrogens is 1000 g/mol. The molecule has 4 aromatic rings. The lowest BCUT2D eigenvalue weighted by Gasteiger charge is -2.31. The maximum Gasteiger partial charge on any atom is 0.299 e. The van der Waals surface area contributed by atoms with Crippen LogP contribution in [0.2, 0.25) is 0 Å². The molecule has 0 spiro atoms. The molecule has 33 heteroatoms. The number of aliphatic hydroxyl groups is 1. The SMILES string of the molecule is N=C(N)NC(NC(=O)C(NC(=N)N)NC(=O)C(NC(=N)N)NC(=O)C(NC(=N)N)NC(=O)C(NC(=O)C(O)N(Cc1ccc(/C=C/c2ccccc2)cc1)c1cc(N)c([N+](=O)[O-])cc1[N+](=O)[O-])c1ccccc1)C(N)=O. The number of nitrogens with one attached hydrogen (secondary N) is 13. The van der Waals surface area contributed by atoms with E-state index in [0.717, 1.165) is 16.5 Å². The molecule has 6 amide bonds. The molecule has 4 rings (SSSR count). The Hall–Kier alpha value is -11.1. The van der Waals surface area contributed by atoms with Crippen LogP contribution < -0.4 is 87.2 Å². The first kappa shape index (κ1) is 57.5. The van der Waals surface area contributed by atoms with Gasteiger partial charge in [-0.3, -0.25) is 70.6 Å². The van der Waals surface area contributed by atoms with E-state index in [1.807, 2.05) is 57.7 Å². The highest BCUT2D eigenvalue weighted by Gasteiger charge is 2.37. The number of guanidine groups is 4. The lowest BCUT2D eigenvalue weighted by molar-refractivity contribution is -0.393. The van der Waals surface area contributed by atoms with Crippen molar-refractivity contribution in [1.82, 2.24) is 47.9 Å². The van der Waals surface area contributed by atoms with Crippen LogP contribution in [0.15, 0.2) is 97.1 Å². The van der Waals surface area contributed by atoms with Crippen molar-refractivity contribution in [3.63, 3.8) is 0 Å². The number of primary amides is 1. The van der Waals surface area contributed by atoms with Crippen molar-refractivity contribution in [2.24, 2.45) is 28.7 Å². The van der Waals surface area contributed by atoms with Crippen molar-refractivity contribution in [1.29, 1.82) is 21.6 Å². The van der Waals surface area contributed by atoms with E-state index < -0.39 is 135 Å². The van der Waals surface area contributed by atoms with Gasteiger partial charge in [-0.25, -0.2) is 0 Å². The van der Waals surface area contributed by atoms with Crippen LogP contribution in [0.4, 0.5) is 22.7 Å². The fourth-order valence-corrected chi connectivity index (χ4v) is 6.62. The van der Waals surface area contributed by atoms with E-state index in [4.69, 9.17) is 56.0 Å². The number of nitrogens with zero attached hydrogens (tertiary/aromatic N) is 3. The smallest absolute Gasteiger partial charge is 0.299 e. The third-order valence-electron chi connectivity index (χ3n) is 10.1. The number of anilines is 2. The number of hydrogen-bond donors (Lipinski definition) is 20. The largest absolute Gasteiger partial charge is 0.393 e. The fourth-order valence-electron chi connectivity index (χ4n) is 6.62. The molecule has 4 aromatic carbocycles.